The second-order valence-corrected chi connectivity index (χ2v) is 12.1. The number of carbonyl (C=O) groups is 8. The molecular formula is C37H56N8O10. The van der Waals surface area contributed by atoms with Gasteiger partial charge in [0.25, 0.3) is 0 Å². The van der Waals surface area contributed by atoms with Crippen molar-refractivity contribution in [1.82, 2.24) is 31.9 Å². The summed E-state index contributed by atoms with van der Waals surface area (Å²) in [6.45, 7) is 6.90. The van der Waals surface area contributed by atoms with Crippen LogP contribution in [0.2, 0.25) is 0 Å². The van der Waals surface area contributed by atoms with E-state index in [0.29, 0.717) is 32.3 Å². The van der Waals surface area contributed by atoms with Gasteiger partial charge in [-0.15, -0.1) is 0 Å². The van der Waals surface area contributed by atoms with E-state index in [9.17, 15) is 38.4 Å². The Bertz CT molecular complexity index is 1520. The summed E-state index contributed by atoms with van der Waals surface area (Å²) in [5.74, 6) is -3.27. The number of carbonyl (C=O) groups excluding carboxylic acids is 8. The van der Waals surface area contributed by atoms with Crippen LogP contribution in [0.1, 0.15) is 55.9 Å². The number of benzene rings is 2. The zero-order valence-corrected chi connectivity index (χ0v) is 32.3. The van der Waals surface area contributed by atoms with Crippen LogP contribution in [-0.4, -0.2) is 99.9 Å². The molecule has 2 rings (SSSR count). The van der Waals surface area contributed by atoms with Gasteiger partial charge < -0.3 is 52.8 Å². The van der Waals surface area contributed by atoms with Gasteiger partial charge in [0, 0.05) is 32.5 Å². The zero-order chi connectivity index (χ0) is 41.8. The topological polar surface area (TPSA) is 279 Å². The second kappa shape index (κ2) is 28.6. The molecule has 18 heteroatoms. The Balaban J connectivity index is 0.00000103. The predicted molar refractivity (Wildman–Crippen MR) is 203 cm³/mol. The Morgan fingerprint density at radius 2 is 1.16 bits per heavy atom. The maximum absolute atomic E-state index is 12.2. The molecule has 10 N–H and O–H groups in total. The average Bonchev–Trinajstić information content (AvgIpc) is 3.17. The third-order valence-electron chi connectivity index (χ3n) is 7.28. The molecule has 55 heavy (non-hydrogen) atoms. The zero-order valence-electron chi connectivity index (χ0n) is 32.3. The minimum absolute atomic E-state index is 0.0562. The minimum Gasteiger partial charge on any atom is -0.467 e. The summed E-state index contributed by atoms with van der Waals surface area (Å²) in [4.78, 5) is 90.2. The molecule has 0 spiro atoms. The number of hydrogen-bond acceptors (Lipinski definition) is 12. The van der Waals surface area contributed by atoms with Gasteiger partial charge in [0.15, 0.2) is 0 Å². The highest BCUT2D eigenvalue weighted by Crippen LogP contribution is 2.09. The molecule has 304 valence electrons. The summed E-state index contributed by atoms with van der Waals surface area (Å²) in [7, 11) is 2.47. The van der Waals surface area contributed by atoms with E-state index in [0.717, 1.165) is 11.1 Å². The monoisotopic (exact) mass is 772 g/mol. The Labute approximate surface area is 321 Å². The fourth-order valence-corrected chi connectivity index (χ4v) is 4.29. The molecule has 0 aliphatic carbocycles. The van der Waals surface area contributed by atoms with Crippen molar-refractivity contribution in [1.29, 1.82) is 0 Å². The third-order valence-corrected chi connectivity index (χ3v) is 7.28. The summed E-state index contributed by atoms with van der Waals surface area (Å²) >= 11 is 0. The van der Waals surface area contributed by atoms with Crippen molar-refractivity contribution in [2.45, 2.75) is 78.2 Å². The highest BCUT2D eigenvalue weighted by atomic mass is 16.5. The standard InChI is InChI=1S/C21H31N5O6.C8H14N2O4.C8H11N/c1-14(25-19(29)11-23-13-27)9-18(28)24-12-20(30)26-17(21(31)32-2)8-7-15-3-5-16(10-22)6-4-15;1-5(8(13)14-3)10-7(12)4-9-6(2)11;1-7-2-4-8(6-9)5-3-7/h3-6,13-14,17H,7-12,22H2,1-2H3,(H,23,27)(H,24,28)(H,25,29)(H,26,30);5H,4H2,1-3H3,(H,9,11)(H,10,12);2-5H,6,9H2,1H3. The number of ether oxygens (including phenoxy) is 2. The van der Waals surface area contributed by atoms with Crippen molar-refractivity contribution in [3.05, 3.63) is 70.8 Å². The highest BCUT2D eigenvalue weighted by Gasteiger charge is 2.22. The minimum atomic E-state index is -0.859. The Kier molecular flexibility index (Phi) is 25.5. The fourth-order valence-electron chi connectivity index (χ4n) is 4.29. The number of nitrogens with two attached hydrogens (primary N) is 2. The van der Waals surface area contributed by atoms with E-state index in [1.807, 2.05) is 24.3 Å². The van der Waals surface area contributed by atoms with E-state index in [4.69, 9.17) is 16.2 Å². The number of esters is 2. The molecule has 6 amide bonds. The Hall–Kier alpha value is -5.88. The molecule has 18 nitrogen and oxygen atoms in total. The largest absolute Gasteiger partial charge is 0.467 e. The van der Waals surface area contributed by atoms with Gasteiger partial charge in [0.05, 0.1) is 33.9 Å². The molecular weight excluding hydrogens is 716 g/mol. The smallest absolute Gasteiger partial charge is 0.328 e. The molecule has 3 unspecified atom stereocenters. The molecule has 3 atom stereocenters. The normalized spacial score (nSPS) is 11.5. The fraction of sp³-hybridized carbons (Fsp3) is 0.459. The Morgan fingerprint density at radius 3 is 1.67 bits per heavy atom. The first-order valence-electron chi connectivity index (χ1n) is 17.3. The number of amides is 6. The number of hydrogen-bond donors (Lipinski definition) is 8. The summed E-state index contributed by atoms with van der Waals surface area (Å²) < 4.78 is 9.15. The number of methoxy groups -OCH3 is 2. The van der Waals surface area contributed by atoms with E-state index < -0.39 is 53.7 Å². The molecule has 0 radical (unpaired) electrons. The number of nitrogens with one attached hydrogen (secondary N) is 6. The molecule has 0 heterocycles. The van der Waals surface area contributed by atoms with Gasteiger partial charge in [-0.1, -0.05) is 54.1 Å². The van der Waals surface area contributed by atoms with Crippen LogP contribution in [0.15, 0.2) is 48.5 Å². The van der Waals surface area contributed by atoms with Crippen molar-refractivity contribution in [2.24, 2.45) is 11.5 Å². The third kappa shape index (κ3) is 24.1. The van der Waals surface area contributed by atoms with Crippen LogP contribution in [0, 0.1) is 6.92 Å². The second-order valence-electron chi connectivity index (χ2n) is 12.1. The van der Waals surface area contributed by atoms with Gasteiger partial charge in [-0.3, -0.25) is 28.8 Å². The van der Waals surface area contributed by atoms with Crippen LogP contribution in [0.5, 0.6) is 0 Å². The summed E-state index contributed by atoms with van der Waals surface area (Å²) in [5.41, 5.74) is 15.4. The van der Waals surface area contributed by atoms with Crippen LogP contribution in [0.25, 0.3) is 0 Å². The van der Waals surface area contributed by atoms with Gasteiger partial charge in [-0.05, 0) is 50.3 Å². The summed E-state index contributed by atoms with van der Waals surface area (Å²) in [6.07, 6.45) is 1.20. The molecule has 0 aliphatic heterocycles. The van der Waals surface area contributed by atoms with Gasteiger partial charge in [0.1, 0.15) is 12.1 Å². The maximum atomic E-state index is 12.2. The van der Waals surface area contributed by atoms with Gasteiger partial charge >= 0.3 is 11.9 Å². The van der Waals surface area contributed by atoms with E-state index >= 15 is 0 Å². The van der Waals surface area contributed by atoms with Gasteiger partial charge in [-0.2, -0.15) is 0 Å². The number of aryl methyl sites for hydroxylation is 2. The molecule has 0 saturated carbocycles. The highest BCUT2D eigenvalue weighted by molar-refractivity contribution is 5.89. The first kappa shape index (κ1) is 49.1. The first-order chi connectivity index (χ1) is 26.1. The van der Waals surface area contributed by atoms with Crippen LogP contribution < -0.4 is 43.4 Å². The summed E-state index contributed by atoms with van der Waals surface area (Å²) in [6, 6.07) is 13.8. The van der Waals surface area contributed by atoms with Crippen LogP contribution >= 0.6 is 0 Å². The predicted octanol–water partition coefficient (Wildman–Crippen LogP) is -1.25. The van der Waals surface area contributed by atoms with E-state index in [1.165, 1.54) is 39.2 Å². The summed E-state index contributed by atoms with van der Waals surface area (Å²) in [5, 5.41) is 14.4. The number of rotatable bonds is 19. The molecule has 0 saturated heterocycles. The lowest BCUT2D eigenvalue weighted by Gasteiger charge is -2.17. The van der Waals surface area contributed by atoms with Gasteiger partial charge in [0.2, 0.25) is 35.9 Å². The van der Waals surface area contributed by atoms with Crippen LogP contribution in [0.3, 0.4) is 0 Å². The maximum Gasteiger partial charge on any atom is 0.328 e. The van der Waals surface area contributed by atoms with Crippen molar-refractivity contribution in [3.8, 4) is 0 Å². The molecule has 0 aliphatic rings. The quantitative estimate of drug-likeness (QED) is 0.0614. The van der Waals surface area contributed by atoms with E-state index in [1.54, 1.807) is 6.92 Å². The lowest BCUT2D eigenvalue weighted by atomic mass is 10.0. The van der Waals surface area contributed by atoms with Gasteiger partial charge in [-0.25, -0.2) is 9.59 Å². The van der Waals surface area contributed by atoms with Crippen LogP contribution in [0.4, 0.5) is 0 Å². The molecule has 0 bridgehead atoms. The first-order valence-corrected chi connectivity index (χ1v) is 17.3. The van der Waals surface area contributed by atoms with Crippen molar-refractivity contribution < 1.29 is 47.8 Å². The SMILES string of the molecule is COC(=O)C(C)NC(=O)CNC(C)=O.COC(=O)C(CCc1ccc(CN)cc1)NC(=O)CNC(=O)CC(C)NC(=O)CNC=O.Cc1ccc(CN)cc1. The van der Waals surface area contributed by atoms with Crippen molar-refractivity contribution in [3.63, 3.8) is 0 Å². The van der Waals surface area contributed by atoms with Crippen LogP contribution in [-0.2, 0) is 67.3 Å². The molecule has 0 fully saturated rings. The van der Waals surface area contributed by atoms with E-state index in [2.05, 4.69) is 67.8 Å². The average molecular weight is 773 g/mol. The Morgan fingerprint density at radius 1 is 0.673 bits per heavy atom. The molecule has 2 aromatic rings. The van der Waals surface area contributed by atoms with Crippen molar-refractivity contribution >= 4 is 47.9 Å². The van der Waals surface area contributed by atoms with Crippen molar-refractivity contribution in [2.75, 3.05) is 33.9 Å². The molecule has 0 aromatic heterocycles. The van der Waals surface area contributed by atoms with E-state index in [-0.39, 0.29) is 32.0 Å². The lowest BCUT2D eigenvalue weighted by molar-refractivity contribution is -0.145. The molecule has 2 aromatic carbocycles. The lowest BCUT2D eigenvalue weighted by Crippen LogP contribution is -2.47.